The molecule has 0 spiro atoms. The van der Waals surface area contributed by atoms with Crippen molar-refractivity contribution in [3.8, 4) is 0 Å². The number of carboxylic acids is 2. The number of aliphatic hydroxyl groups is 3. The van der Waals surface area contributed by atoms with E-state index in [1.807, 2.05) is 6.79 Å². The predicted molar refractivity (Wildman–Crippen MR) is 327 cm³/mol. The molecule has 16 atom stereocenters. The van der Waals surface area contributed by atoms with Gasteiger partial charge in [0.05, 0.1) is 18.3 Å². The number of unbranched alkanes of at least 4 members (excludes halogenated alkanes) is 2. The number of carbonyl (C=O) groups is 3. The molecule has 4 aliphatic rings. The number of carbonyl (C=O) groups excluding carboxylic acids is 1. The molecular formula is C71H108O9. The largest absolute Gasteiger partial charge is 0.481 e. The Morgan fingerprint density at radius 2 is 0.875 bits per heavy atom. The van der Waals surface area contributed by atoms with E-state index in [0.29, 0.717) is 72.2 Å². The Kier molecular flexibility index (Phi) is 32.7. The molecule has 7 rings (SSSR count). The van der Waals surface area contributed by atoms with Crippen LogP contribution in [0.4, 0.5) is 0 Å². The van der Waals surface area contributed by atoms with Gasteiger partial charge < -0.3 is 35.1 Å². The quantitative estimate of drug-likeness (QED) is 0.0323. The van der Waals surface area contributed by atoms with Gasteiger partial charge in [-0.1, -0.05) is 176 Å². The fourth-order valence-corrected chi connectivity index (χ4v) is 13.9. The van der Waals surface area contributed by atoms with Crippen molar-refractivity contribution in [3.63, 3.8) is 0 Å². The van der Waals surface area contributed by atoms with Gasteiger partial charge >= 0.3 is 11.9 Å². The monoisotopic (exact) mass is 1100 g/mol. The number of fused-ring (bicyclic) bond motifs is 1. The van der Waals surface area contributed by atoms with Gasteiger partial charge in [0.1, 0.15) is 6.79 Å². The number of hydrogen-bond acceptors (Lipinski definition) is 7. The topological polar surface area (TPSA) is 162 Å². The molecule has 446 valence electrons. The second kappa shape index (κ2) is 38.4. The number of rotatable bonds is 30. The van der Waals surface area contributed by atoms with Crippen molar-refractivity contribution in [1.29, 1.82) is 0 Å². The number of aryl methyl sites for hydroxylation is 3. The summed E-state index contributed by atoms with van der Waals surface area (Å²) in [6.45, 7) is 16.0. The normalized spacial score (nSPS) is 28.0. The fourth-order valence-electron chi connectivity index (χ4n) is 13.9. The van der Waals surface area contributed by atoms with Gasteiger partial charge in [-0.05, 0) is 203 Å². The molecule has 1 unspecified atom stereocenters. The number of allylic oxidation sites excluding steroid dienone is 4. The van der Waals surface area contributed by atoms with Crippen LogP contribution in [0.2, 0.25) is 0 Å². The first-order chi connectivity index (χ1) is 38.6. The van der Waals surface area contributed by atoms with E-state index < -0.39 is 18.2 Å². The standard InChI is InChI=1S/2C25H38O3.C20H30O2.CH2O/c1-19(14-16-21-10-6-5-7-11-21)15-17-22-20(2)18-24(26)23(22)12-8-3-4-9-13-25(27)28;1-19(14-16-21-10-6-5-7-11-21)15-17-23-22(20(2)18-24(23)26)12-8-3-4-9-13-25(27)28;1-14(8-10-16-6-4-3-5-7-16)9-11-17-15(2)12-19-18(17)13-20(21)22-19;1-2/h2*3,5-8,10-11,19-20,22-24,26H,4,9,12-18H2,1-2H3,(H,27,28);3-7,14-15,17-21H,8-13H2,1-2H3;1H2/b2*8-3-;;/t19-,20+,22-,23+,24-;19-,20-,22-,23+,24+;14-,15+,17-,18+,19-,20?;/m000./s1. The van der Waals surface area contributed by atoms with Crippen molar-refractivity contribution < 1.29 is 44.7 Å². The van der Waals surface area contributed by atoms with Gasteiger partial charge in [0, 0.05) is 19.3 Å². The van der Waals surface area contributed by atoms with Crippen molar-refractivity contribution >= 4 is 18.7 Å². The molecular weight excluding hydrogens is 997 g/mol. The highest BCUT2D eigenvalue weighted by Crippen LogP contribution is 2.48. The van der Waals surface area contributed by atoms with E-state index in [-0.39, 0.29) is 25.0 Å². The lowest BCUT2D eigenvalue weighted by atomic mass is 9.81. The molecule has 0 bridgehead atoms. The van der Waals surface area contributed by atoms with Gasteiger partial charge in [-0.2, -0.15) is 0 Å². The average molecular weight is 1110 g/mol. The number of benzene rings is 3. The molecule has 3 aromatic carbocycles. The van der Waals surface area contributed by atoms with E-state index in [9.17, 15) is 24.9 Å². The van der Waals surface area contributed by atoms with E-state index in [4.69, 9.17) is 19.7 Å². The zero-order valence-electron chi connectivity index (χ0n) is 50.3. The summed E-state index contributed by atoms with van der Waals surface area (Å²) in [5, 5.41) is 48.2. The fraction of sp³-hybridized carbons (Fsp3) is 0.648. The molecule has 3 aliphatic carbocycles. The first-order valence-corrected chi connectivity index (χ1v) is 31.4. The van der Waals surface area contributed by atoms with Crippen LogP contribution >= 0.6 is 0 Å². The van der Waals surface area contributed by atoms with E-state index in [1.54, 1.807) is 0 Å². The second-order valence-electron chi connectivity index (χ2n) is 25.2. The SMILES string of the molecule is C=O.C[C@@H](CCc1ccccc1)CC[C@@H]1[C@@H](C/C=C\CCCC(=O)O)[C@@H](C)C[C@H]1O.C[C@@H](CCc1ccccc1)CC[C@@H]1[C@@H](C/C=C\CCCC(=O)O)[C@@H](O)C[C@H]1C.C[C@@H](CCc1ccccc1)CC[C@@H]1[C@H]2CC(O)O[C@H]2C[C@H]1C. The third-order valence-electron chi connectivity index (χ3n) is 18.9. The van der Waals surface area contributed by atoms with E-state index >= 15 is 0 Å². The maximum atomic E-state index is 10.6. The van der Waals surface area contributed by atoms with Crippen LogP contribution in [0, 0.1) is 71.0 Å². The van der Waals surface area contributed by atoms with Gasteiger partial charge in [0.15, 0.2) is 6.29 Å². The first-order valence-electron chi connectivity index (χ1n) is 31.4. The van der Waals surface area contributed by atoms with Crippen LogP contribution in [-0.2, 0) is 38.4 Å². The highest BCUT2D eigenvalue weighted by atomic mass is 16.6. The minimum atomic E-state index is -0.727. The van der Waals surface area contributed by atoms with Crippen molar-refractivity contribution in [1.82, 2.24) is 0 Å². The Hall–Kier alpha value is -4.41. The molecule has 1 saturated heterocycles. The Balaban J connectivity index is 0.000000256. The van der Waals surface area contributed by atoms with Gasteiger partial charge in [-0.3, -0.25) is 9.59 Å². The second-order valence-corrected chi connectivity index (χ2v) is 25.2. The molecule has 0 aromatic heterocycles. The lowest BCUT2D eigenvalue weighted by Crippen LogP contribution is -2.20. The Bertz CT molecular complexity index is 2040. The maximum absolute atomic E-state index is 10.6. The molecule has 0 radical (unpaired) electrons. The van der Waals surface area contributed by atoms with E-state index in [2.05, 4.69) is 157 Å². The average Bonchev–Trinajstić information content (AvgIpc) is 4.19. The molecule has 3 aromatic rings. The van der Waals surface area contributed by atoms with Crippen LogP contribution in [0.3, 0.4) is 0 Å². The van der Waals surface area contributed by atoms with Crippen molar-refractivity contribution in [3.05, 3.63) is 132 Å². The number of aliphatic carboxylic acids is 2. The number of ether oxygens (including phenoxy) is 1. The summed E-state index contributed by atoms with van der Waals surface area (Å²) in [6.07, 6.45) is 31.9. The first kappa shape index (κ1) is 68.1. The Morgan fingerprint density at radius 1 is 0.500 bits per heavy atom. The molecule has 4 fully saturated rings. The minimum Gasteiger partial charge on any atom is -0.481 e. The number of carboxylic acid groups (broad SMARTS) is 2. The van der Waals surface area contributed by atoms with Crippen LogP contribution in [0.25, 0.3) is 0 Å². The molecule has 9 heteroatoms. The predicted octanol–water partition coefficient (Wildman–Crippen LogP) is 16.0. The molecule has 1 aliphatic heterocycles. The molecule has 1 heterocycles. The summed E-state index contributed by atoms with van der Waals surface area (Å²) >= 11 is 0. The minimum absolute atomic E-state index is 0.165. The van der Waals surface area contributed by atoms with Crippen molar-refractivity contribution in [2.45, 2.75) is 220 Å². The Morgan fingerprint density at radius 3 is 1.31 bits per heavy atom. The third-order valence-corrected chi connectivity index (χ3v) is 18.9. The van der Waals surface area contributed by atoms with Gasteiger partial charge in [0.25, 0.3) is 0 Å². The summed E-state index contributed by atoms with van der Waals surface area (Å²) in [5.41, 5.74) is 4.29. The lowest BCUT2D eigenvalue weighted by molar-refractivity contribution is -0.138. The lowest BCUT2D eigenvalue weighted by Gasteiger charge is -2.24. The Labute approximate surface area is 484 Å². The van der Waals surface area contributed by atoms with Gasteiger partial charge in [-0.15, -0.1) is 0 Å². The summed E-state index contributed by atoms with van der Waals surface area (Å²) in [6, 6.07) is 32.2. The molecule has 0 amide bonds. The summed E-state index contributed by atoms with van der Waals surface area (Å²) in [4.78, 5) is 29.1. The zero-order chi connectivity index (χ0) is 58.2. The van der Waals surface area contributed by atoms with Crippen LogP contribution in [0.15, 0.2) is 115 Å². The van der Waals surface area contributed by atoms with Crippen molar-refractivity contribution in [2.24, 2.45) is 71.0 Å². The molecule has 5 N–H and O–H groups in total. The van der Waals surface area contributed by atoms with Crippen LogP contribution in [0.5, 0.6) is 0 Å². The maximum Gasteiger partial charge on any atom is 0.303 e. The number of aliphatic hydroxyl groups excluding tert-OH is 3. The summed E-state index contributed by atoms with van der Waals surface area (Å²) in [7, 11) is 0. The molecule has 9 nitrogen and oxygen atoms in total. The van der Waals surface area contributed by atoms with Gasteiger partial charge in [-0.25, -0.2) is 0 Å². The molecule has 80 heavy (non-hydrogen) atoms. The van der Waals surface area contributed by atoms with Crippen LogP contribution in [0.1, 0.15) is 193 Å². The number of hydrogen-bond donors (Lipinski definition) is 5. The summed E-state index contributed by atoms with van der Waals surface area (Å²) in [5.74, 6) is 5.86. The highest BCUT2D eigenvalue weighted by Gasteiger charge is 2.47. The highest BCUT2D eigenvalue weighted by molar-refractivity contribution is 5.66. The van der Waals surface area contributed by atoms with Gasteiger partial charge in [0.2, 0.25) is 0 Å². The smallest absolute Gasteiger partial charge is 0.303 e. The third kappa shape index (κ3) is 25.4. The summed E-state index contributed by atoms with van der Waals surface area (Å²) < 4.78 is 5.65. The molecule has 3 saturated carbocycles. The zero-order valence-corrected chi connectivity index (χ0v) is 50.3. The van der Waals surface area contributed by atoms with Crippen molar-refractivity contribution in [2.75, 3.05) is 0 Å². The van der Waals surface area contributed by atoms with E-state index in [1.165, 1.54) is 74.5 Å². The van der Waals surface area contributed by atoms with Crippen LogP contribution in [-0.4, -0.2) is 68.9 Å². The van der Waals surface area contributed by atoms with Crippen LogP contribution < -0.4 is 0 Å². The van der Waals surface area contributed by atoms with E-state index in [0.717, 1.165) is 88.4 Å².